The SMILES string of the molecule is NP1CO1. The standard InChI is InChI=1S/CH4NOP/c2-4-1-3-4/h1-2H2. The van der Waals surface area contributed by atoms with Crippen molar-refractivity contribution in [2.75, 3.05) is 6.35 Å². The first-order valence-corrected chi connectivity index (χ1v) is 2.56. The minimum Gasteiger partial charge on any atom is -0.333 e. The molecule has 0 spiro atoms. The van der Waals surface area contributed by atoms with Crippen LogP contribution < -0.4 is 5.50 Å². The van der Waals surface area contributed by atoms with Gasteiger partial charge in [0, 0.05) is 0 Å². The normalized spacial score (nSPS) is 39.8. The highest BCUT2D eigenvalue weighted by molar-refractivity contribution is 7.55. The highest BCUT2D eigenvalue weighted by Crippen LogP contribution is 2.43. The predicted molar refractivity (Wildman–Crippen MR) is 17.1 cm³/mol. The largest absolute Gasteiger partial charge is 0.333 e. The lowest BCUT2D eigenvalue weighted by Crippen LogP contribution is -1.62. The van der Waals surface area contributed by atoms with Crippen molar-refractivity contribution < 1.29 is 4.52 Å². The molecule has 1 saturated heterocycles. The van der Waals surface area contributed by atoms with Gasteiger partial charge in [-0.15, -0.1) is 0 Å². The van der Waals surface area contributed by atoms with Crippen molar-refractivity contribution in [3.8, 4) is 0 Å². The number of hydrogen-bond acceptors (Lipinski definition) is 2. The van der Waals surface area contributed by atoms with Gasteiger partial charge >= 0.3 is 0 Å². The van der Waals surface area contributed by atoms with Crippen LogP contribution in [-0.4, -0.2) is 6.35 Å². The summed E-state index contributed by atoms with van der Waals surface area (Å²) in [5, 5.41) is 0. The molecule has 0 aliphatic carbocycles. The summed E-state index contributed by atoms with van der Waals surface area (Å²) in [7, 11) is -0.370. The molecule has 24 valence electrons. The lowest BCUT2D eigenvalue weighted by Gasteiger charge is -1.54. The van der Waals surface area contributed by atoms with Crippen LogP contribution in [0.3, 0.4) is 0 Å². The summed E-state index contributed by atoms with van der Waals surface area (Å²) in [6.45, 7) is 0. The Labute approximate surface area is 25.8 Å². The fourth-order valence-electron chi connectivity index (χ4n) is 0.0333. The highest BCUT2D eigenvalue weighted by Gasteiger charge is 2.15. The van der Waals surface area contributed by atoms with Crippen LogP contribution in [0.5, 0.6) is 0 Å². The Morgan fingerprint density at radius 1 is 2.00 bits per heavy atom. The summed E-state index contributed by atoms with van der Waals surface area (Å²) in [5.74, 6) is 0. The maximum Gasteiger partial charge on any atom is 0.126 e. The van der Waals surface area contributed by atoms with Gasteiger partial charge in [0.2, 0.25) is 0 Å². The van der Waals surface area contributed by atoms with E-state index in [9.17, 15) is 0 Å². The van der Waals surface area contributed by atoms with Crippen LogP contribution in [0.1, 0.15) is 0 Å². The maximum atomic E-state index is 5.06. The van der Waals surface area contributed by atoms with Crippen LogP contribution in [0.15, 0.2) is 0 Å². The van der Waals surface area contributed by atoms with E-state index in [2.05, 4.69) is 4.52 Å². The predicted octanol–water partition coefficient (Wildman–Crippen LogP) is 0.245. The van der Waals surface area contributed by atoms with Crippen LogP contribution >= 0.6 is 8.30 Å². The second-order valence-corrected chi connectivity index (χ2v) is 2.03. The molecule has 3 heteroatoms. The quantitative estimate of drug-likeness (QED) is 0.332. The molecule has 2 N–H and O–H groups in total. The molecule has 0 aromatic heterocycles. The summed E-state index contributed by atoms with van der Waals surface area (Å²) >= 11 is 0. The Hall–Kier alpha value is 0.350. The number of hydrogen-bond donors (Lipinski definition) is 1. The van der Waals surface area contributed by atoms with E-state index in [0.29, 0.717) is 0 Å². The second-order valence-electron chi connectivity index (χ2n) is 0.675. The molecule has 0 saturated carbocycles. The van der Waals surface area contributed by atoms with E-state index in [4.69, 9.17) is 5.50 Å². The molecular formula is CH4NOP. The lowest BCUT2D eigenvalue weighted by atomic mass is 11.7. The molecule has 1 fully saturated rings. The lowest BCUT2D eigenvalue weighted by molar-refractivity contribution is 0.571. The Balaban J connectivity index is 2.17. The Bertz CT molecular complexity index is 27.2. The maximum absolute atomic E-state index is 5.06. The molecule has 0 amide bonds. The summed E-state index contributed by atoms with van der Waals surface area (Å²) < 4.78 is 4.55. The molecule has 0 radical (unpaired) electrons. The van der Waals surface area contributed by atoms with Gasteiger partial charge in [0.1, 0.15) is 14.6 Å². The smallest absolute Gasteiger partial charge is 0.126 e. The first-order chi connectivity index (χ1) is 1.89. The molecule has 2 nitrogen and oxygen atoms in total. The van der Waals surface area contributed by atoms with Crippen molar-refractivity contribution in [2.24, 2.45) is 5.50 Å². The van der Waals surface area contributed by atoms with Crippen LogP contribution in [0.2, 0.25) is 0 Å². The topological polar surface area (TPSA) is 38.5 Å². The molecule has 1 aliphatic heterocycles. The minimum atomic E-state index is -0.370. The molecule has 0 aromatic rings. The van der Waals surface area contributed by atoms with Crippen molar-refractivity contribution in [1.82, 2.24) is 0 Å². The van der Waals surface area contributed by atoms with E-state index < -0.39 is 0 Å². The van der Waals surface area contributed by atoms with Gasteiger partial charge in [0.15, 0.2) is 0 Å². The molecule has 1 rings (SSSR count). The third-order valence-corrected chi connectivity index (χ3v) is 0.835. The Morgan fingerprint density at radius 2 is 2.25 bits per heavy atom. The molecule has 1 heterocycles. The van der Waals surface area contributed by atoms with E-state index in [1.807, 2.05) is 0 Å². The van der Waals surface area contributed by atoms with Gasteiger partial charge in [0.05, 0.1) is 0 Å². The molecule has 0 bridgehead atoms. The first-order valence-electron chi connectivity index (χ1n) is 1.05. The third-order valence-electron chi connectivity index (χ3n) is 0.278. The van der Waals surface area contributed by atoms with E-state index in [1.54, 1.807) is 0 Å². The molecule has 1 atom stereocenters. The zero-order valence-electron chi connectivity index (χ0n) is 2.14. The zero-order chi connectivity index (χ0) is 2.99. The number of rotatable bonds is 0. The summed E-state index contributed by atoms with van der Waals surface area (Å²) in [6, 6.07) is 0. The molecule has 1 aliphatic rings. The zero-order valence-corrected chi connectivity index (χ0v) is 3.03. The molecule has 1 unspecified atom stereocenters. The van der Waals surface area contributed by atoms with Crippen LogP contribution in [0, 0.1) is 0 Å². The average Bonchev–Trinajstić information content (AvgIpc) is 1.75. The van der Waals surface area contributed by atoms with Crippen molar-refractivity contribution >= 4 is 8.30 Å². The van der Waals surface area contributed by atoms with Gasteiger partial charge in [-0.1, -0.05) is 0 Å². The average molecular weight is 77.0 g/mol. The fraction of sp³-hybridized carbons (Fsp3) is 1.00. The van der Waals surface area contributed by atoms with Gasteiger partial charge in [-0.25, -0.2) is 0 Å². The molecule has 4 heavy (non-hydrogen) atoms. The first kappa shape index (κ1) is 2.58. The van der Waals surface area contributed by atoms with Crippen molar-refractivity contribution in [1.29, 1.82) is 0 Å². The van der Waals surface area contributed by atoms with Crippen molar-refractivity contribution in [2.45, 2.75) is 0 Å². The third kappa shape index (κ3) is 0.382. The van der Waals surface area contributed by atoms with Gasteiger partial charge in [-0.2, -0.15) is 0 Å². The van der Waals surface area contributed by atoms with Gasteiger partial charge < -0.3 is 4.52 Å². The van der Waals surface area contributed by atoms with Gasteiger partial charge in [-0.3, -0.25) is 5.50 Å². The number of nitrogens with two attached hydrogens (primary N) is 1. The van der Waals surface area contributed by atoms with Crippen molar-refractivity contribution in [3.05, 3.63) is 0 Å². The van der Waals surface area contributed by atoms with Crippen LogP contribution in [0.25, 0.3) is 0 Å². The summed E-state index contributed by atoms with van der Waals surface area (Å²) in [4.78, 5) is 0. The van der Waals surface area contributed by atoms with Crippen LogP contribution in [0.4, 0.5) is 0 Å². The van der Waals surface area contributed by atoms with E-state index in [0.717, 1.165) is 6.35 Å². The minimum absolute atomic E-state index is 0.370. The van der Waals surface area contributed by atoms with Crippen LogP contribution in [-0.2, 0) is 4.52 Å². The monoisotopic (exact) mass is 77.0 g/mol. The van der Waals surface area contributed by atoms with E-state index in [-0.39, 0.29) is 8.30 Å². The fourth-order valence-corrected chi connectivity index (χ4v) is 0.300. The van der Waals surface area contributed by atoms with Gasteiger partial charge in [-0.05, 0) is 0 Å². The molecule has 0 aromatic carbocycles. The van der Waals surface area contributed by atoms with Crippen molar-refractivity contribution in [3.63, 3.8) is 0 Å². The summed E-state index contributed by atoms with van der Waals surface area (Å²) in [5.41, 5.74) is 5.06. The van der Waals surface area contributed by atoms with E-state index >= 15 is 0 Å². The Morgan fingerprint density at radius 3 is 2.25 bits per heavy atom. The summed E-state index contributed by atoms with van der Waals surface area (Å²) in [6.07, 6.45) is 0.829. The Kier molecular flexibility index (Phi) is 0.417. The highest BCUT2D eigenvalue weighted by atomic mass is 31.2. The van der Waals surface area contributed by atoms with E-state index in [1.165, 1.54) is 0 Å². The van der Waals surface area contributed by atoms with Gasteiger partial charge in [0.25, 0.3) is 0 Å². The molecular weight excluding hydrogens is 73.0 g/mol. The second kappa shape index (κ2) is 0.646.